The summed E-state index contributed by atoms with van der Waals surface area (Å²) in [4.78, 5) is 3.70. The average Bonchev–Trinajstić information content (AvgIpc) is 2.18. The number of rotatable bonds is 5. The van der Waals surface area contributed by atoms with Crippen LogP contribution in [-0.4, -0.2) is 19.9 Å². The van der Waals surface area contributed by atoms with Gasteiger partial charge in [0.15, 0.2) is 0 Å². The third kappa shape index (κ3) is 3.30. The van der Waals surface area contributed by atoms with Gasteiger partial charge in [-0.15, -0.1) is 6.58 Å². The molecule has 1 heterocycles. The molecular formula is C9H11ClN2O2S. The summed E-state index contributed by atoms with van der Waals surface area (Å²) in [6.07, 6.45) is 3.63. The molecule has 0 fully saturated rings. The summed E-state index contributed by atoms with van der Waals surface area (Å²) in [5.74, 6) is 0. The highest BCUT2D eigenvalue weighted by Crippen LogP contribution is 2.17. The maximum Gasteiger partial charge on any atom is 0.243 e. The summed E-state index contributed by atoms with van der Waals surface area (Å²) in [5.41, 5.74) is 0. The third-order valence-electron chi connectivity index (χ3n) is 1.65. The van der Waals surface area contributed by atoms with Gasteiger partial charge in [0.25, 0.3) is 0 Å². The Kier molecular flexibility index (Phi) is 4.26. The van der Waals surface area contributed by atoms with Crippen molar-refractivity contribution in [3.63, 3.8) is 0 Å². The predicted octanol–water partition coefficient (Wildman–Crippen LogP) is 1.59. The topological polar surface area (TPSA) is 59.1 Å². The third-order valence-corrected chi connectivity index (χ3v) is 3.56. The first-order valence-electron chi connectivity index (χ1n) is 4.29. The normalized spacial score (nSPS) is 11.3. The fraction of sp³-hybridized carbons (Fsp3) is 0.222. The van der Waals surface area contributed by atoms with E-state index in [1.165, 1.54) is 18.3 Å². The number of pyridine rings is 1. The molecule has 0 unspecified atom stereocenters. The van der Waals surface area contributed by atoms with Crippen LogP contribution in [0.1, 0.15) is 6.42 Å². The molecule has 4 nitrogen and oxygen atoms in total. The van der Waals surface area contributed by atoms with Crippen LogP contribution in [0.3, 0.4) is 0 Å². The Hall–Kier alpha value is -0.910. The minimum Gasteiger partial charge on any atom is -0.243 e. The van der Waals surface area contributed by atoms with Crippen LogP contribution in [-0.2, 0) is 10.0 Å². The first-order valence-corrected chi connectivity index (χ1v) is 6.15. The number of halogens is 1. The van der Waals surface area contributed by atoms with Crippen LogP contribution in [0.15, 0.2) is 35.9 Å². The van der Waals surface area contributed by atoms with Crippen LogP contribution < -0.4 is 4.72 Å². The van der Waals surface area contributed by atoms with E-state index in [0.717, 1.165) is 0 Å². The van der Waals surface area contributed by atoms with E-state index < -0.39 is 10.0 Å². The number of nitrogens with zero attached hydrogens (tertiary/aromatic N) is 1. The molecule has 0 aliphatic carbocycles. The van der Waals surface area contributed by atoms with Crippen molar-refractivity contribution >= 4 is 21.6 Å². The molecule has 0 amide bonds. The van der Waals surface area contributed by atoms with E-state index >= 15 is 0 Å². The van der Waals surface area contributed by atoms with Gasteiger partial charge in [0.2, 0.25) is 10.0 Å². The minimum absolute atomic E-state index is 0.00395. The summed E-state index contributed by atoms with van der Waals surface area (Å²) in [6, 6.07) is 2.93. The Morgan fingerprint density at radius 3 is 2.93 bits per heavy atom. The summed E-state index contributed by atoms with van der Waals surface area (Å²) in [6.45, 7) is 3.80. The van der Waals surface area contributed by atoms with Crippen molar-refractivity contribution in [3.8, 4) is 0 Å². The second-order valence-electron chi connectivity index (χ2n) is 2.77. The monoisotopic (exact) mass is 246 g/mol. The highest BCUT2D eigenvalue weighted by Gasteiger charge is 2.16. The molecule has 82 valence electrons. The number of aromatic nitrogens is 1. The van der Waals surface area contributed by atoms with Gasteiger partial charge in [0.1, 0.15) is 10.0 Å². The lowest BCUT2D eigenvalue weighted by Crippen LogP contribution is -2.24. The molecule has 1 N–H and O–H groups in total. The van der Waals surface area contributed by atoms with Gasteiger partial charge in [0, 0.05) is 12.7 Å². The Morgan fingerprint density at radius 1 is 1.60 bits per heavy atom. The van der Waals surface area contributed by atoms with E-state index in [9.17, 15) is 8.42 Å². The molecule has 0 atom stereocenters. The van der Waals surface area contributed by atoms with E-state index in [0.29, 0.717) is 13.0 Å². The van der Waals surface area contributed by atoms with Crippen molar-refractivity contribution in [2.45, 2.75) is 11.3 Å². The van der Waals surface area contributed by atoms with Gasteiger partial charge >= 0.3 is 0 Å². The van der Waals surface area contributed by atoms with Gasteiger partial charge in [-0.05, 0) is 18.6 Å². The van der Waals surface area contributed by atoms with Crippen molar-refractivity contribution in [2.24, 2.45) is 0 Å². The van der Waals surface area contributed by atoms with Crippen LogP contribution in [0.5, 0.6) is 0 Å². The highest BCUT2D eigenvalue weighted by atomic mass is 35.5. The second kappa shape index (κ2) is 5.25. The number of hydrogen-bond donors (Lipinski definition) is 1. The van der Waals surface area contributed by atoms with Crippen molar-refractivity contribution in [1.82, 2.24) is 9.71 Å². The molecule has 0 radical (unpaired) electrons. The summed E-state index contributed by atoms with van der Waals surface area (Å²) >= 11 is 5.67. The molecule has 0 bridgehead atoms. The van der Waals surface area contributed by atoms with Crippen LogP contribution in [0.25, 0.3) is 0 Å². The van der Waals surface area contributed by atoms with Crippen molar-refractivity contribution < 1.29 is 8.42 Å². The Bertz CT molecular complexity index is 445. The fourth-order valence-corrected chi connectivity index (χ4v) is 2.44. The molecule has 15 heavy (non-hydrogen) atoms. The lowest BCUT2D eigenvalue weighted by Gasteiger charge is -2.05. The van der Waals surface area contributed by atoms with E-state index in [4.69, 9.17) is 11.6 Å². The van der Waals surface area contributed by atoms with Crippen LogP contribution in [0.4, 0.5) is 0 Å². The Morgan fingerprint density at radius 2 is 2.33 bits per heavy atom. The maximum absolute atomic E-state index is 11.7. The molecule has 0 aromatic carbocycles. The van der Waals surface area contributed by atoms with Crippen molar-refractivity contribution in [3.05, 3.63) is 36.1 Å². The smallest absolute Gasteiger partial charge is 0.243 e. The van der Waals surface area contributed by atoms with Gasteiger partial charge in [-0.1, -0.05) is 17.7 Å². The minimum atomic E-state index is -3.56. The van der Waals surface area contributed by atoms with Crippen LogP contribution in [0.2, 0.25) is 5.15 Å². The van der Waals surface area contributed by atoms with Gasteiger partial charge in [0.05, 0.1) is 0 Å². The zero-order valence-corrected chi connectivity index (χ0v) is 9.55. The SMILES string of the molecule is C=CCCNS(=O)(=O)c1cccnc1Cl. The Labute approximate surface area is 94.0 Å². The van der Waals surface area contributed by atoms with E-state index in [1.807, 2.05) is 0 Å². The molecule has 1 aromatic heterocycles. The van der Waals surface area contributed by atoms with Crippen LogP contribution in [0, 0.1) is 0 Å². The summed E-state index contributed by atoms with van der Waals surface area (Å²) in [5, 5.41) is -0.0244. The largest absolute Gasteiger partial charge is 0.243 e. The first kappa shape index (κ1) is 12.2. The summed E-state index contributed by atoms with van der Waals surface area (Å²) < 4.78 is 25.7. The zero-order valence-electron chi connectivity index (χ0n) is 7.98. The molecule has 0 saturated heterocycles. The van der Waals surface area contributed by atoms with Crippen LogP contribution >= 0.6 is 11.6 Å². The predicted molar refractivity (Wildman–Crippen MR) is 59.2 cm³/mol. The first-order chi connectivity index (χ1) is 7.08. The standard InChI is InChI=1S/C9H11ClN2O2S/c1-2-3-7-12-15(13,14)8-5-4-6-11-9(8)10/h2,4-6,12H,1,3,7H2. The van der Waals surface area contributed by atoms with Gasteiger partial charge in [-0.3, -0.25) is 0 Å². The lowest BCUT2D eigenvalue weighted by molar-refractivity contribution is 0.582. The van der Waals surface area contributed by atoms with Crippen molar-refractivity contribution in [2.75, 3.05) is 6.54 Å². The molecule has 0 aliphatic heterocycles. The average molecular weight is 247 g/mol. The quantitative estimate of drug-likeness (QED) is 0.488. The molecule has 1 aromatic rings. The summed E-state index contributed by atoms with van der Waals surface area (Å²) in [7, 11) is -3.56. The molecule has 1 rings (SSSR count). The van der Waals surface area contributed by atoms with E-state index in [-0.39, 0.29) is 10.0 Å². The molecular weight excluding hydrogens is 236 g/mol. The van der Waals surface area contributed by atoms with E-state index in [2.05, 4.69) is 16.3 Å². The fourth-order valence-electron chi connectivity index (χ4n) is 0.945. The van der Waals surface area contributed by atoms with Gasteiger partial charge in [-0.25, -0.2) is 18.1 Å². The molecule has 0 aliphatic rings. The molecule has 0 saturated carbocycles. The van der Waals surface area contributed by atoms with Gasteiger partial charge < -0.3 is 0 Å². The zero-order chi connectivity index (χ0) is 11.3. The number of sulfonamides is 1. The Balaban J connectivity index is 2.87. The van der Waals surface area contributed by atoms with Gasteiger partial charge in [-0.2, -0.15) is 0 Å². The molecule has 6 heteroatoms. The number of nitrogens with one attached hydrogen (secondary N) is 1. The molecule has 0 spiro atoms. The van der Waals surface area contributed by atoms with E-state index in [1.54, 1.807) is 6.08 Å². The maximum atomic E-state index is 11.7. The number of hydrogen-bond acceptors (Lipinski definition) is 3. The van der Waals surface area contributed by atoms with Crippen molar-refractivity contribution in [1.29, 1.82) is 0 Å². The second-order valence-corrected chi connectivity index (χ2v) is 4.86. The lowest BCUT2D eigenvalue weighted by atomic mass is 10.4. The highest BCUT2D eigenvalue weighted by molar-refractivity contribution is 7.89.